The van der Waals surface area contributed by atoms with Gasteiger partial charge in [-0.2, -0.15) is 0 Å². The van der Waals surface area contributed by atoms with Crippen molar-refractivity contribution in [3.63, 3.8) is 0 Å². The fourth-order valence-electron chi connectivity index (χ4n) is 2.24. The molecule has 0 bridgehead atoms. The van der Waals surface area contributed by atoms with E-state index in [4.69, 9.17) is 4.74 Å². The Kier molecular flexibility index (Phi) is 13.2. The van der Waals surface area contributed by atoms with Crippen LogP contribution in [-0.4, -0.2) is 63.6 Å². The maximum Gasteiger partial charge on any atom is 0.193 e. The Bertz CT molecular complexity index is 520. The molecule has 0 spiro atoms. The average molecular weight is 460 g/mol. The molecule has 0 unspecified atom stereocenters. The van der Waals surface area contributed by atoms with Gasteiger partial charge in [0, 0.05) is 33.7 Å². The van der Waals surface area contributed by atoms with Gasteiger partial charge in [0.15, 0.2) is 5.96 Å². The zero-order valence-electron chi connectivity index (χ0n) is 16.0. The minimum absolute atomic E-state index is 0. The van der Waals surface area contributed by atoms with Gasteiger partial charge in [0.1, 0.15) is 12.4 Å². The van der Waals surface area contributed by atoms with E-state index in [-0.39, 0.29) is 24.0 Å². The second-order valence-corrected chi connectivity index (χ2v) is 6.05. The number of unbranched alkanes of at least 4 members (excludes halogenated alkanes) is 1. The fraction of sp³-hybridized carbons (Fsp3) is 0.526. The Labute approximate surface area is 170 Å². The molecule has 0 amide bonds. The summed E-state index contributed by atoms with van der Waals surface area (Å²) < 4.78 is 5.78. The first kappa shape index (κ1) is 23.7. The molecule has 0 saturated carbocycles. The van der Waals surface area contributed by atoms with E-state index < -0.39 is 0 Å². The Hall–Kier alpha value is -1.28. The van der Waals surface area contributed by atoms with Gasteiger partial charge in [0.2, 0.25) is 0 Å². The lowest BCUT2D eigenvalue weighted by Crippen LogP contribution is -2.38. The van der Waals surface area contributed by atoms with Crippen LogP contribution in [-0.2, 0) is 6.54 Å². The SMILES string of the molecule is C=CCCCN(C)C(=NC)NCc1cccc(OCCN(C)C)c1.I. The van der Waals surface area contributed by atoms with Crippen LogP contribution in [0.2, 0.25) is 0 Å². The van der Waals surface area contributed by atoms with Gasteiger partial charge >= 0.3 is 0 Å². The lowest BCUT2D eigenvalue weighted by molar-refractivity contribution is 0.261. The van der Waals surface area contributed by atoms with Crippen LogP contribution < -0.4 is 10.1 Å². The summed E-state index contributed by atoms with van der Waals surface area (Å²) in [6.45, 7) is 7.04. The molecule has 0 aliphatic heterocycles. The molecule has 0 atom stereocenters. The molecule has 1 rings (SSSR count). The molecule has 6 heteroatoms. The van der Waals surface area contributed by atoms with Gasteiger partial charge < -0.3 is 19.9 Å². The molecular formula is C19H33IN4O. The molecule has 5 nitrogen and oxygen atoms in total. The number of ether oxygens (including phenoxy) is 1. The highest BCUT2D eigenvalue weighted by atomic mass is 127. The monoisotopic (exact) mass is 460 g/mol. The van der Waals surface area contributed by atoms with Crippen LogP contribution >= 0.6 is 24.0 Å². The maximum absolute atomic E-state index is 5.78. The predicted molar refractivity (Wildman–Crippen MR) is 118 cm³/mol. The van der Waals surface area contributed by atoms with Crippen LogP contribution in [0.3, 0.4) is 0 Å². The van der Waals surface area contributed by atoms with Crippen LogP contribution in [0.25, 0.3) is 0 Å². The van der Waals surface area contributed by atoms with Gasteiger partial charge in [0.05, 0.1) is 0 Å². The van der Waals surface area contributed by atoms with E-state index >= 15 is 0 Å². The number of rotatable bonds is 10. The second kappa shape index (κ2) is 13.9. The molecule has 1 aromatic carbocycles. The van der Waals surface area contributed by atoms with Crippen molar-refractivity contribution in [2.45, 2.75) is 19.4 Å². The Morgan fingerprint density at radius 3 is 2.68 bits per heavy atom. The minimum Gasteiger partial charge on any atom is -0.492 e. The summed E-state index contributed by atoms with van der Waals surface area (Å²) in [6.07, 6.45) is 4.05. The summed E-state index contributed by atoms with van der Waals surface area (Å²) in [5.41, 5.74) is 1.18. The third kappa shape index (κ3) is 10.3. The third-order valence-corrected chi connectivity index (χ3v) is 3.63. The highest BCUT2D eigenvalue weighted by Gasteiger charge is 2.05. The van der Waals surface area contributed by atoms with E-state index in [1.807, 2.05) is 39.4 Å². The van der Waals surface area contributed by atoms with E-state index in [0.717, 1.165) is 44.2 Å². The Balaban J connectivity index is 0.00000576. The molecule has 0 saturated heterocycles. The topological polar surface area (TPSA) is 40.1 Å². The Morgan fingerprint density at radius 2 is 2.04 bits per heavy atom. The van der Waals surface area contributed by atoms with Crippen molar-refractivity contribution in [2.75, 3.05) is 47.9 Å². The highest BCUT2D eigenvalue weighted by Crippen LogP contribution is 2.13. The van der Waals surface area contributed by atoms with Crippen LogP contribution in [0, 0.1) is 0 Å². The van der Waals surface area contributed by atoms with Crippen LogP contribution in [0.1, 0.15) is 18.4 Å². The van der Waals surface area contributed by atoms with Gasteiger partial charge in [-0.25, -0.2) is 0 Å². The Morgan fingerprint density at radius 1 is 1.28 bits per heavy atom. The van der Waals surface area contributed by atoms with E-state index in [2.05, 4.69) is 45.9 Å². The largest absolute Gasteiger partial charge is 0.492 e. The van der Waals surface area contributed by atoms with Gasteiger partial charge in [-0.05, 0) is 44.6 Å². The zero-order valence-corrected chi connectivity index (χ0v) is 18.3. The molecule has 0 heterocycles. The summed E-state index contributed by atoms with van der Waals surface area (Å²) in [6, 6.07) is 8.19. The lowest BCUT2D eigenvalue weighted by atomic mass is 10.2. The highest BCUT2D eigenvalue weighted by molar-refractivity contribution is 14.0. The summed E-state index contributed by atoms with van der Waals surface area (Å²) in [5, 5.41) is 3.40. The summed E-state index contributed by atoms with van der Waals surface area (Å²) in [4.78, 5) is 8.59. The smallest absolute Gasteiger partial charge is 0.193 e. The predicted octanol–water partition coefficient (Wildman–Crippen LogP) is 3.22. The van der Waals surface area contributed by atoms with E-state index in [9.17, 15) is 0 Å². The van der Waals surface area contributed by atoms with Crippen LogP contribution in [0.15, 0.2) is 41.9 Å². The summed E-state index contributed by atoms with van der Waals surface area (Å²) in [7, 11) is 7.95. The summed E-state index contributed by atoms with van der Waals surface area (Å²) >= 11 is 0. The molecule has 1 aromatic rings. The van der Waals surface area contributed by atoms with Crippen molar-refractivity contribution < 1.29 is 4.74 Å². The van der Waals surface area contributed by atoms with Crippen molar-refractivity contribution in [3.8, 4) is 5.75 Å². The normalized spacial score (nSPS) is 11.0. The molecule has 0 aliphatic rings. The minimum atomic E-state index is 0. The van der Waals surface area contributed by atoms with Crippen molar-refractivity contribution >= 4 is 29.9 Å². The standard InChI is InChI=1S/C19H32N4O.HI/c1-6-7-8-12-23(5)19(20-2)21-16-17-10-9-11-18(15-17)24-14-13-22(3)4;/h6,9-11,15H,1,7-8,12-14,16H2,2-5H3,(H,20,21);1H. The molecule has 0 fully saturated rings. The third-order valence-electron chi connectivity index (χ3n) is 3.63. The van der Waals surface area contributed by atoms with Crippen molar-refractivity contribution in [1.82, 2.24) is 15.1 Å². The number of hydrogen-bond donors (Lipinski definition) is 1. The molecule has 1 N–H and O–H groups in total. The average Bonchev–Trinajstić information content (AvgIpc) is 2.56. The number of nitrogens with zero attached hydrogens (tertiary/aromatic N) is 3. The maximum atomic E-state index is 5.78. The van der Waals surface area contributed by atoms with Gasteiger partial charge in [-0.15, -0.1) is 30.6 Å². The van der Waals surface area contributed by atoms with Crippen molar-refractivity contribution in [2.24, 2.45) is 4.99 Å². The number of hydrogen-bond acceptors (Lipinski definition) is 3. The first-order chi connectivity index (χ1) is 11.6. The molecular weight excluding hydrogens is 427 g/mol. The zero-order chi connectivity index (χ0) is 17.8. The molecule has 142 valence electrons. The quantitative estimate of drug-likeness (QED) is 0.191. The van der Waals surface area contributed by atoms with Gasteiger partial charge in [-0.1, -0.05) is 18.2 Å². The first-order valence-corrected chi connectivity index (χ1v) is 8.46. The summed E-state index contributed by atoms with van der Waals surface area (Å²) in [5.74, 6) is 1.81. The van der Waals surface area contributed by atoms with Crippen LogP contribution in [0.4, 0.5) is 0 Å². The molecule has 0 aromatic heterocycles. The van der Waals surface area contributed by atoms with E-state index in [1.165, 1.54) is 5.56 Å². The molecule has 25 heavy (non-hydrogen) atoms. The van der Waals surface area contributed by atoms with Crippen molar-refractivity contribution in [3.05, 3.63) is 42.5 Å². The van der Waals surface area contributed by atoms with E-state index in [1.54, 1.807) is 0 Å². The van der Waals surface area contributed by atoms with Crippen molar-refractivity contribution in [1.29, 1.82) is 0 Å². The van der Waals surface area contributed by atoms with E-state index in [0.29, 0.717) is 6.61 Å². The first-order valence-electron chi connectivity index (χ1n) is 8.46. The number of benzene rings is 1. The van der Waals surface area contributed by atoms with Crippen LogP contribution in [0.5, 0.6) is 5.75 Å². The molecule has 0 aliphatic carbocycles. The fourth-order valence-corrected chi connectivity index (χ4v) is 2.24. The number of allylic oxidation sites excluding steroid dienone is 1. The number of aliphatic imine (C=N–C) groups is 1. The number of halogens is 1. The van der Waals surface area contributed by atoms with Gasteiger partial charge in [0.25, 0.3) is 0 Å². The van der Waals surface area contributed by atoms with Gasteiger partial charge in [-0.3, -0.25) is 4.99 Å². The lowest BCUT2D eigenvalue weighted by Gasteiger charge is -2.22. The number of guanidine groups is 1. The second-order valence-electron chi connectivity index (χ2n) is 6.05. The number of likely N-dealkylation sites (N-methyl/N-ethyl adjacent to an activating group) is 1. The molecule has 0 radical (unpaired) electrons. The number of nitrogens with one attached hydrogen (secondary N) is 1.